The van der Waals surface area contributed by atoms with Crippen molar-refractivity contribution >= 4 is 11.4 Å². The Kier molecular flexibility index (Phi) is 4.10. The van der Waals surface area contributed by atoms with E-state index in [1.807, 2.05) is 0 Å². The van der Waals surface area contributed by atoms with Gasteiger partial charge in [0.05, 0.1) is 17.4 Å². The Labute approximate surface area is 99.8 Å². The molecule has 0 spiro atoms. The number of benzene rings is 1. The summed E-state index contributed by atoms with van der Waals surface area (Å²) in [4.78, 5) is 9.76. The van der Waals surface area contributed by atoms with E-state index in [0.29, 0.717) is 6.07 Å². The normalized spacial score (nSPS) is 13.2. The van der Waals surface area contributed by atoms with Gasteiger partial charge >= 0.3 is 6.18 Å². The number of rotatable bonds is 4. The summed E-state index contributed by atoms with van der Waals surface area (Å²) in [5, 5.41) is 13.0. The zero-order valence-electron chi connectivity index (χ0n) is 9.29. The summed E-state index contributed by atoms with van der Waals surface area (Å²) in [6.07, 6.45) is -5.51. The Morgan fingerprint density at radius 3 is 2.56 bits per heavy atom. The fraction of sp³-hybridized carbons (Fsp3) is 0.400. The molecule has 0 aliphatic heterocycles. The van der Waals surface area contributed by atoms with Crippen LogP contribution in [0.3, 0.4) is 0 Å². The van der Waals surface area contributed by atoms with Crippen LogP contribution in [0.25, 0.3) is 0 Å². The van der Waals surface area contributed by atoms with Gasteiger partial charge in [0.15, 0.2) is 0 Å². The lowest BCUT2D eigenvalue weighted by molar-refractivity contribution is -0.384. The molecular weight excluding hydrogens is 256 g/mol. The minimum Gasteiger partial charge on any atom is -0.377 e. The first kappa shape index (κ1) is 14.2. The van der Waals surface area contributed by atoms with Crippen molar-refractivity contribution in [2.45, 2.75) is 25.6 Å². The average molecular weight is 266 g/mol. The van der Waals surface area contributed by atoms with Gasteiger partial charge in [0, 0.05) is 6.04 Å². The highest BCUT2D eigenvalue weighted by atomic mass is 19.4. The third-order valence-electron chi connectivity index (χ3n) is 2.10. The van der Waals surface area contributed by atoms with Crippen LogP contribution in [-0.4, -0.2) is 17.1 Å². The summed E-state index contributed by atoms with van der Waals surface area (Å²) in [6, 6.07) is 1.59. The largest absolute Gasteiger partial charge is 0.391 e. The zero-order valence-corrected chi connectivity index (χ0v) is 9.29. The lowest BCUT2D eigenvalue weighted by atomic mass is 10.2. The molecule has 0 aliphatic carbocycles. The van der Waals surface area contributed by atoms with Crippen LogP contribution in [0.15, 0.2) is 18.2 Å². The van der Waals surface area contributed by atoms with E-state index in [1.54, 1.807) is 0 Å². The number of hydrogen-bond acceptors (Lipinski definition) is 3. The van der Waals surface area contributed by atoms with E-state index in [9.17, 15) is 27.7 Å². The zero-order chi connectivity index (χ0) is 13.9. The van der Waals surface area contributed by atoms with E-state index in [2.05, 4.69) is 5.32 Å². The maximum absolute atomic E-state index is 12.8. The lowest BCUT2D eigenvalue weighted by Crippen LogP contribution is -2.24. The van der Waals surface area contributed by atoms with Gasteiger partial charge in [-0.05, 0) is 19.1 Å². The number of nitrogens with one attached hydrogen (secondary N) is 1. The van der Waals surface area contributed by atoms with Crippen LogP contribution >= 0.6 is 0 Å². The van der Waals surface area contributed by atoms with Crippen molar-refractivity contribution in [3.8, 4) is 0 Å². The van der Waals surface area contributed by atoms with Crippen molar-refractivity contribution in [3.05, 3.63) is 34.1 Å². The molecule has 0 aromatic heterocycles. The van der Waals surface area contributed by atoms with E-state index in [4.69, 9.17) is 0 Å². The Balaban J connectivity index is 2.87. The van der Waals surface area contributed by atoms with Crippen molar-refractivity contribution < 1.29 is 22.5 Å². The molecule has 18 heavy (non-hydrogen) atoms. The first-order valence-electron chi connectivity index (χ1n) is 4.96. The van der Waals surface area contributed by atoms with Crippen LogP contribution in [-0.2, 0) is 0 Å². The van der Waals surface area contributed by atoms with Crippen molar-refractivity contribution in [1.82, 2.24) is 0 Å². The highest BCUT2D eigenvalue weighted by Gasteiger charge is 2.30. The molecule has 1 atom stereocenters. The third-order valence-corrected chi connectivity index (χ3v) is 2.10. The van der Waals surface area contributed by atoms with Gasteiger partial charge in [-0.2, -0.15) is 13.2 Å². The quantitative estimate of drug-likeness (QED) is 0.515. The van der Waals surface area contributed by atoms with E-state index in [1.165, 1.54) is 6.92 Å². The van der Waals surface area contributed by atoms with Gasteiger partial charge in [0.1, 0.15) is 11.5 Å². The molecular formula is C10H10F4N2O2. The van der Waals surface area contributed by atoms with Gasteiger partial charge in [-0.15, -0.1) is 0 Å². The maximum atomic E-state index is 12.8. The molecule has 0 radical (unpaired) electrons. The molecule has 0 saturated carbocycles. The standard InChI is InChI=1S/C10H10F4N2O2/c1-6(5-10(12,13)14)15-8-3-2-7(11)4-9(8)16(17)18/h2-4,6,15H,5H2,1H3. The van der Waals surface area contributed by atoms with E-state index in [0.717, 1.165) is 12.1 Å². The number of alkyl halides is 3. The van der Waals surface area contributed by atoms with Gasteiger partial charge in [0.2, 0.25) is 0 Å². The van der Waals surface area contributed by atoms with Gasteiger partial charge in [-0.25, -0.2) is 4.39 Å². The van der Waals surface area contributed by atoms with E-state index < -0.39 is 35.1 Å². The Morgan fingerprint density at radius 2 is 2.06 bits per heavy atom. The number of nitro groups is 1. The number of halogens is 4. The minimum absolute atomic E-state index is 0.141. The fourth-order valence-electron chi connectivity index (χ4n) is 1.44. The summed E-state index contributed by atoms with van der Waals surface area (Å²) >= 11 is 0. The Hall–Kier alpha value is -1.86. The van der Waals surface area contributed by atoms with E-state index >= 15 is 0 Å². The van der Waals surface area contributed by atoms with Crippen LogP contribution in [0.1, 0.15) is 13.3 Å². The monoisotopic (exact) mass is 266 g/mol. The summed E-state index contributed by atoms with van der Waals surface area (Å²) in [5.74, 6) is -0.823. The second-order valence-corrected chi connectivity index (χ2v) is 3.78. The smallest absolute Gasteiger partial charge is 0.377 e. The second-order valence-electron chi connectivity index (χ2n) is 3.78. The third kappa shape index (κ3) is 4.19. The van der Waals surface area contributed by atoms with Crippen LogP contribution < -0.4 is 5.32 Å². The molecule has 0 aliphatic rings. The van der Waals surface area contributed by atoms with Crippen molar-refractivity contribution in [3.63, 3.8) is 0 Å². The lowest BCUT2D eigenvalue weighted by Gasteiger charge is -2.16. The summed E-state index contributed by atoms with van der Waals surface area (Å²) < 4.78 is 49.1. The Morgan fingerprint density at radius 1 is 1.44 bits per heavy atom. The number of nitro benzene ring substituents is 1. The molecule has 100 valence electrons. The minimum atomic E-state index is -4.37. The fourth-order valence-corrected chi connectivity index (χ4v) is 1.44. The molecule has 0 amide bonds. The van der Waals surface area contributed by atoms with Crippen LogP contribution in [0, 0.1) is 15.9 Å². The first-order valence-corrected chi connectivity index (χ1v) is 4.96. The summed E-state index contributed by atoms with van der Waals surface area (Å²) in [5.41, 5.74) is -0.734. The SMILES string of the molecule is CC(CC(F)(F)F)Nc1ccc(F)cc1[N+](=O)[O-]. The molecule has 1 unspecified atom stereocenters. The molecule has 1 N–H and O–H groups in total. The highest BCUT2D eigenvalue weighted by molar-refractivity contribution is 5.61. The predicted molar refractivity (Wildman–Crippen MR) is 56.8 cm³/mol. The summed E-state index contributed by atoms with van der Waals surface area (Å²) in [7, 11) is 0. The average Bonchev–Trinajstić information content (AvgIpc) is 2.17. The number of nitrogens with zero attached hydrogens (tertiary/aromatic N) is 1. The maximum Gasteiger partial charge on any atom is 0.391 e. The van der Waals surface area contributed by atoms with Crippen molar-refractivity contribution in [2.24, 2.45) is 0 Å². The molecule has 0 fully saturated rings. The van der Waals surface area contributed by atoms with Crippen LogP contribution in [0.5, 0.6) is 0 Å². The summed E-state index contributed by atoms with van der Waals surface area (Å²) in [6.45, 7) is 1.24. The predicted octanol–water partition coefficient (Wildman–Crippen LogP) is 3.49. The second kappa shape index (κ2) is 5.19. The molecule has 0 heterocycles. The first-order chi connectivity index (χ1) is 8.19. The number of hydrogen-bond donors (Lipinski definition) is 1. The molecule has 0 saturated heterocycles. The highest BCUT2D eigenvalue weighted by Crippen LogP contribution is 2.28. The molecule has 4 nitrogen and oxygen atoms in total. The molecule has 0 bridgehead atoms. The van der Waals surface area contributed by atoms with Crippen molar-refractivity contribution in [2.75, 3.05) is 5.32 Å². The van der Waals surface area contributed by atoms with Crippen LogP contribution in [0.2, 0.25) is 0 Å². The number of anilines is 1. The van der Waals surface area contributed by atoms with Crippen LogP contribution in [0.4, 0.5) is 28.9 Å². The van der Waals surface area contributed by atoms with Gasteiger partial charge in [-0.3, -0.25) is 10.1 Å². The Bertz CT molecular complexity index is 448. The molecule has 1 aromatic carbocycles. The van der Waals surface area contributed by atoms with Gasteiger partial charge in [0.25, 0.3) is 5.69 Å². The topological polar surface area (TPSA) is 55.2 Å². The molecule has 8 heteroatoms. The molecule has 1 rings (SSSR count). The van der Waals surface area contributed by atoms with Gasteiger partial charge < -0.3 is 5.32 Å². The van der Waals surface area contributed by atoms with E-state index in [-0.39, 0.29) is 5.69 Å². The molecule has 1 aromatic rings. The van der Waals surface area contributed by atoms with Crippen molar-refractivity contribution in [1.29, 1.82) is 0 Å². The van der Waals surface area contributed by atoms with Gasteiger partial charge in [-0.1, -0.05) is 0 Å².